The van der Waals surface area contributed by atoms with Gasteiger partial charge in [0.2, 0.25) is 0 Å². The number of ether oxygens (including phenoxy) is 2. The molecule has 10 heteroatoms. The Balaban J connectivity index is 1.60. The number of carbonyl (C=O) groups is 3. The molecule has 1 saturated heterocycles. The summed E-state index contributed by atoms with van der Waals surface area (Å²) in [6.07, 6.45) is 0.519. The van der Waals surface area contributed by atoms with Gasteiger partial charge in [-0.15, -0.1) is 0 Å². The quantitative estimate of drug-likeness (QED) is 0.473. The number of thioether (sulfide) groups is 1. The van der Waals surface area contributed by atoms with Crippen LogP contribution in [0.4, 0.5) is 5.69 Å². The Hall–Kier alpha value is -3.37. The molecule has 2 aliphatic rings. The first-order valence-corrected chi connectivity index (χ1v) is 11.2. The lowest BCUT2D eigenvalue weighted by Crippen LogP contribution is -2.33. The topological polar surface area (TPSA) is 96.4 Å². The number of aliphatic carboxylic acids is 1. The number of fused-ring (bicyclic) bond motifs is 1. The van der Waals surface area contributed by atoms with E-state index < -0.39 is 18.4 Å². The highest BCUT2D eigenvalue weighted by molar-refractivity contribution is 8.26. The molecule has 0 aliphatic carbocycles. The molecule has 8 nitrogen and oxygen atoms in total. The van der Waals surface area contributed by atoms with Gasteiger partial charge < -0.3 is 14.6 Å². The molecular weight excluding hydrogens is 464 g/mol. The normalized spacial score (nSPS) is 17.6. The highest BCUT2D eigenvalue weighted by Crippen LogP contribution is 2.44. The number of para-hydroxylation sites is 1. The van der Waals surface area contributed by atoms with Crippen LogP contribution in [-0.4, -0.2) is 59.4 Å². The summed E-state index contributed by atoms with van der Waals surface area (Å²) >= 11 is 6.50. The Morgan fingerprint density at radius 2 is 1.76 bits per heavy atom. The number of methoxy groups -OCH3 is 2. The largest absolute Gasteiger partial charge is 0.493 e. The maximum absolute atomic E-state index is 13.3. The van der Waals surface area contributed by atoms with E-state index in [0.29, 0.717) is 40.0 Å². The number of rotatable bonds is 7. The van der Waals surface area contributed by atoms with Crippen molar-refractivity contribution in [1.29, 1.82) is 0 Å². The average Bonchev–Trinajstić information content (AvgIpc) is 3.23. The van der Waals surface area contributed by atoms with Crippen molar-refractivity contribution in [3.63, 3.8) is 0 Å². The number of carboxylic acid groups (broad SMARTS) is 1. The summed E-state index contributed by atoms with van der Waals surface area (Å²) in [5.74, 6) is -0.809. The molecule has 2 heterocycles. The molecule has 33 heavy (non-hydrogen) atoms. The second kappa shape index (κ2) is 9.24. The van der Waals surface area contributed by atoms with Crippen molar-refractivity contribution in [3.05, 3.63) is 58.5 Å². The van der Waals surface area contributed by atoms with Crippen molar-refractivity contribution < 1.29 is 29.0 Å². The number of hydrogen-bond acceptors (Lipinski definition) is 7. The molecule has 0 unspecified atom stereocenters. The average molecular weight is 485 g/mol. The maximum atomic E-state index is 13.3. The molecule has 2 amide bonds. The molecule has 2 aromatic rings. The zero-order valence-electron chi connectivity index (χ0n) is 17.9. The summed E-state index contributed by atoms with van der Waals surface area (Å²) < 4.78 is 10.9. The fraction of sp³-hybridized carbons (Fsp3) is 0.217. The molecule has 0 spiro atoms. The van der Waals surface area contributed by atoms with E-state index in [0.717, 1.165) is 17.3 Å². The number of amides is 2. The summed E-state index contributed by atoms with van der Waals surface area (Å²) in [6.45, 7) is -0.162. The lowest BCUT2D eigenvalue weighted by atomic mass is 10.1. The van der Waals surface area contributed by atoms with E-state index in [4.69, 9.17) is 21.7 Å². The van der Waals surface area contributed by atoms with Gasteiger partial charge in [-0.25, -0.2) is 0 Å². The Labute approximate surface area is 199 Å². The molecular formula is C23H20N2O6S2. The van der Waals surface area contributed by atoms with Crippen LogP contribution >= 0.6 is 24.0 Å². The molecule has 0 saturated carbocycles. The minimum absolute atomic E-state index is 0.192. The monoisotopic (exact) mass is 484 g/mol. The molecule has 1 N–H and O–H groups in total. The third kappa shape index (κ3) is 4.19. The van der Waals surface area contributed by atoms with Gasteiger partial charge in [0.1, 0.15) is 10.9 Å². The molecule has 0 bridgehead atoms. The van der Waals surface area contributed by atoms with Gasteiger partial charge in [-0.3, -0.25) is 24.2 Å². The lowest BCUT2D eigenvalue weighted by Gasteiger charge is -2.15. The standard InChI is InChI=1S/C23H20N2O6S2/c1-30-16-8-7-13(11-17(16)31-2)9-10-24-22(29)20(33-23(24)32)19-14-5-3-4-6-15(14)25(21(19)28)12-18(26)27/h3-8,11H,9-10,12H2,1-2H3,(H,26,27). The van der Waals surface area contributed by atoms with Gasteiger partial charge in [-0.05, 0) is 30.2 Å². The number of anilines is 1. The smallest absolute Gasteiger partial charge is 0.323 e. The van der Waals surface area contributed by atoms with Crippen molar-refractivity contribution in [3.8, 4) is 11.5 Å². The molecule has 4 rings (SSSR count). The van der Waals surface area contributed by atoms with Crippen molar-refractivity contribution in [2.24, 2.45) is 0 Å². The number of benzene rings is 2. The first-order valence-electron chi connectivity index (χ1n) is 9.97. The van der Waals surface area contributed by atoms with Crippen LogP contribution in [0.3, 0.4) is 0 Å². The van der Waals surface area contributed by atoms with Crippen LogP contribution in [0.5, 0.6) is 11.5 Å². The summed E-state index contributed by atoms with van der Waals surface area (Å²) in [4.78, 5) is 40.5. The van der Waals surface area contributed by atoms with Crippen LogP contribution in [0, 0.1) is 0 Å². The highest BCUT2D eigenvalue weighted by atomic mass is 32.2. The van der Waals surface area contributed by atoms with Crippen molar-refractivity contribution >= 4 is 57.3 Å². The van der Waals surface area contributed by atoms with E-state index >= 15 is 0 Å². The molecule has 0 atom stereocenters. The summed E-state index contributed by atoms with van der Waals surface area (Å²) in [5, 5.41) is 9.23. The van der Waals surface area contributed by atoms with E-state index in [-0.39, 0.29) is 16.4 Å². The van der Waals surface area contributed by atoms with Crippen LogP contribution < -0.4 is 14.4 Å². The summed E-state index contributed by atoms with van der Waals surface area (Å²) in [7, 11) is 3.12. The minimum atomic E-state index is -1.14. The number of hydrogen-bond donors (Lipinski definition) is 1. The van der Waals surface area contributed by atoms with Gasteiger partial charge in [-0.2, -0.15) is 0 Å². The van der Waals surface area contributed by atoms with E-state index in [1.54, 1.807) is 44.6 Å². The fourth-order valence-corrected chi connectivity index (χ4v) is 5.19. The van der Waals surface area contributed by atoms with Gasteiger partial charge in [0.15, 0.2) is 11.5 Å². The van der Waals surface area contributed by atoms with Crippen LogP contribution in [0.25, 0.3) is 5.57 Å². The highest BCUT2D eigenvalue weighted by Gasteiger charge is 2.42. The summed E-state index contributed by atoms with van der Waals surface area (Å²) in [5.41, 5.74) is 2.13. The van der Waals surface area contributed by atoms with Crippen LogP contribution in [0.1, 0.15) is 11.1 Å². The predicted octanol–water partition coefficient (Wildman–Crippen LogP) is 2.95. The Morgan fingerprint density at radius 3 is 2.45 bits per heavy atom. The fourth-order valence-electron chi connectivity index (χ4n) is 3.81. The van der Waals surface area contributed by atoms with Gasteiger partial charge in [0.05, 0.1) is 30.4 Å². The van der Waals surface area contributed by atoms with Crippen LogP contribution in [-0.2, 0) is 20.8 Å². The number of carbonyl (C=O) groups excluding carboxylic acids is 2. The molecule has 0 aromatic heterocycles. The Bertz CT molecular complexity index is 1210. The molecule has 170 valence electrons. The summed E-state index contributed by atoms with van der Waals surface area (Å²) in [6, 6.07) is 12.4. The number of nitrogens with zero attached hydrogens (tertiary/aromatic N) is 2. The van der Waals surface area contributed by atoms with Gasteiger partial charge in [-0.1, -0.05) is 48.2 Å². The van der Waals surface area contributed by atoms with E-state index in [2.05, 4.69) is 0 Å². The van der Waals surface area contributed by atoms with Crippen molar-refractivity contribution in [2.75, 3.05) is 32.2 Å². The number of carboxylic acids is 1. The third-order valence-corrected chi connectivity index (χ3v) is 6.81. The second-order valence-electron chi connectivity index (χ2n) is 7.27. The minimum Gasteiger partial charge on any atom is -0.493 e. The maximum Gasteiger partial charge on any atom is 0.323 e. The van der Waals surface area contributed by atoms with Crippen molar-refractivity contribution in [1.82, 2.24) is 4.90 Å². The van der Waals surface area contributed by atoms with Gasteiger partial charge in [0.25, 0.3) is 11.8 Å². The van der Waals surface area contributed by atoms with Crippen LogP contribution in [0.15, 0.2) is 47.4 Å². The van der Waals surface area contributed by atoms with Crippen LogP contribution in [0.2, 0.25) is 0 Å². The zero-order chi connectivity index (χ0) is 23.7. The lowest BCUT2D eigenvalue weighted by molar-refractivity contribution is -0.136. The van der Waals surface area contributed by atoms with E-state index in [1.165, 1.54) is 9.80 Å². The number of thiocarbonyl (C=S) groups is 1. The molecule has 2 aliphatic heterocycles. The SMILES string of the molecule is COc1ccc(CCN2C(=O)C(=C3C(=O)N(CC(=O)O)c4ccccc43)SC2=S)cc1OC. The Kier molecular flexibility index (Phi) is 6.39. The first kappa shape index (κ1) is 22.8. The van der Waals surface area contributed by atoms with E-state index in [1.807, 2.05) is 12.1 Å². The van der Waals surface area contributed by atoms with Gasteiger partial charge >= 0.3 is 5.97 Å². The predicted molar refractivity (Wildman–Crippen MR) is 129 cm³/mol. The molecule has 1 fully saturated rings. The molecule has 0 radical (unpaired) electrons. The van der Waals surface area contributed by atoms with E-state index in [9.17, 15) is 19.5 Å². The second-order valence-corrected chi connectivity index (χ2v) is 8.91. The zero-order valence-corrected chi connectivity index (χ0v) is 19.5. The Morgan fingerprint density at radius 1 is 1.03 bits per heavy atom. The van der Waals surface area contributed by atoms with Crippen molar-refractivity contribution in [2.45, 2.75) is 6.42 Å². The van der Waals surface area contributed by atoms with Gasteiger partial charge in [0, 0.05) is 12.1 Å². The first-order chi connectivity index (χ1) is 15.8. The molecule has 2 aromatic carbocycles. The third-order valence-electron chi connectivity index (χ3n) is 5.36.